The number of hydrogen-bond acceptors (Lipinski definition) is 3. The van der Waals surface area contributed by atoms with E-state index in [0.29, 0.717) is 0 Å². The summed E-state index contributed by atoms with van der Waals surface area (Å²) in [4.78, 5) is 4.65. The standard InChI is InChI=1S/C15H22BNO2/c1-7-8-12-10-9-11(2)13(17-12)16-18-14(3,4)15(5,6)19-16/h7,9-10H,1,8H2,2-6H3. The lowest BCUT2D eigenvalue weighted by Crippen LogP contribution is -2.41. The van der Waals surface area contributed by atoms with E-state index in [-0.39, 0.29) is 11.2 Å². The molecule has 0 radical (unpaired) electrons. The zero-order valence-corrected chi connectivity index (χ0v) is 12.5. The Morgan fingerprint density at radius 2 is 1.79 bits per heavy atom. The van der Waals surface area contributed by atoms with E-state index in [1.165, 1.54) is 0 Å². The molecule has 0 bridgehead atoms. The van der Waals surface area contributed by atoms with E-state index in [1.807, 2.05) is 19.1 Å². The third-order valence-electron chi connectivity index (χ3n) is 4.02. The highest BCUT2D eigenvalue weighted by Gasteiger charge is 2.52. The lowest BCUT2D eigenvalue weighted by atomic mass is 9.81. The van der Waals surface area contributed by atoms with Crippen LogP contribution in [0.4, 0.5) is 0 Å². The van der Waals surface area contributed by atoms with E-state index in [2.05, 4.69) is 45.3 Å². The van der Waals surface area contributed by atoms with E-state index in [0.717, 1.165) is 23.3 Å². The van der Waals surface area contributed by atoms with Crippen molar-refractivity contribution in [2.45, 2.75) is 52.2 Å². The van der Waals surface area contributed by atoms with Gasteiger partial charge >= 0.3 is 7.12 Å². The van der Waals surface area contributed by atoms with E-state index < -0.39 is 7.12 Å². The molecule has 1 aliphatic heterocycles. The highest BCUT2D eigenvalue weighted by Crippen LogP contribution is 2.36. The molecule has 1 aliphatic rings. The lowest BCUT2D eigenvalue weighted by molar-refractivity contribution is 0.00578. The fraction of sp³-hybridized carbons (Fsp3) is 0.533. The van der Waals surface area contributed by atoms with Gasteiger partial charge < -0.3 is 9.31 Å². The zero-order valence-electron chi connectivity index (χ0n) is 12.5. The summed E-state index contributed by atoms with van der Waals surface area (Å²) in [6.07, 6.45) is 2.61. The Bertz CT molecular complexity index is 481. The molecule has 1 fully saturated rings. The number of nitrogens with zero attached hydrogens (tertiary/aromatic N) is 1. The Morgan fingerprint density at radius 1 is 1.21 bits per heavy atom. The van der Waals surface area contributed by atoms with Crippen molar-refractivity contribution in [1.29, 1.82) is 0 Å². The monoisotopic (exact) mass is 259 g/mol. The molecule has 0 spiro atoms. The van der Waals surface area contributed by atoms with Crippen LogP contribution in [0.15, 0.2) is 24.8 Å². The summed E-state index contributed by atoms with van der Waals surface area (Å²) in [5.74, 6) is 0. The Hall–Kier alpha value is -1.13. The Balaban J connectivity index is 2.33. The van der Waals surface area contributed by atoms with Crippen molar-refractivity contribution in [2.24, 2.45) is 0 Å². The third kappa shape index (κ3) is 2.60. The minimum Gasteiger partial charge on any atom is -0.398 e. The second kappa shape index (κ2) is 4.76. The second-order valence-electron chi connectivity index (χ2n) is 6.09. The number of rotatable bonds is 3. The molecule has 102 valence electrons. The minimum atomic E-state index is -0.394. The summed E-state index contributed by atoms with van der Waals surface area (Å²) in [5, 5.41) is 0. The number of hydrogen-bond donors (Lipinski definition) is 0. The van der Waals surface area contributed by atoms with Gasteiger partial charge in [0.1, 0.15) is 0 Å². The summed E-state index contributed by atoms with van der Waals surface area (Å²) in [5.41, 5.74) is 2.29. The summed E-state index contributed by atoms with van der Waals surface area (Å²) < 4.78 is 12.1. The van der Waals surface area contributed by atoms with Gasteiger partial charge in [0.25, 0.3) is 0 Å². The fourth-order valence-electron chi connectivity index (χ4n) is 2.04. The van der Waals surface area contributed by atoms with Crippen LogP contribution in [-0.2, 0) is 15.7 Å². The van der Waals surface area contributed by atoms with Crippen LogP contribution in [-0.4, -0.2) is 23.3 Å². The fourth-order valence-corrected chi connectivity index (χ4v) is 2.04. The molecular weight excluding hydrogens is 237 g/mol. The van der Waals surface area contributed by atoms with Gasteiger partial charge in [-0.1, -0.05) is 12.1 Å². The van der Waals surface area contributed by atoms with Crippen LogP contribution in [0.3, 0.4) is 0 Å². The predicted molar refractivity (Wildman–Crippen MR) is 78.6 cm³/mol. The van der Waals surface area contributed by atoms with Gasteiger partial charge in [-0.2, -0.15) is 0 Å². The molecular formula is C15H22BNO2. The maximum atomic E-state index is 6.05. The molecule has 3 nitrogen and oxygen atoms in total. The summed E-state index contributed by atoms with van der Waals surface area (Å²) in [7, 11) is -0.394. The van der Waals surface area contributed by atoms with Crippen molar-refractivity contribution in [3.8, 4) is 0 Å². The smallest absolute Gasteiger partial charge is 0.398 e. The topological polar surface area (TPSA) is 31.4 Å². The van der Waals surface area contributed by atoms with Gasteiger partial charge in [-0.15, -0.1) is 6.58 Å². The van der Waals surface area contributed by atoms with E-state index >= 15 is 0 Å². The summed E-state index contributed by atoms with van der Waals surface area (Å²) in [6, 6.07) is 4.08. The van der Waals surface area contributed by atoms with Crippen LogP contribution < -0.4 is 5.59 Å². The Kier molecular flexibility index (Phi) is 3.58. The molecule has 0 amide bonds. The van der Waals surface area contributed by atoms with Gasteiger partial charge in [0.2, 0.25) is 0 Å². The predicted octanol–water partition coefficient (Wildman–Crippen LogP) is 2.42. The molecule has 2 heterocycles. The molecule has 19 heavy (non-hydrogen) atoms. The zero-order chi connectivity index (χ0) is 14.3. The third-order valence-corrected chi connectivity index (χ3v) is 4.02. The Labute approximate surface area is 116 Å². The van der Waals surface area contributed by atoms with Crippen LogP contribution >= 0.6 is 0 Å². The van der Waals surface area contributed by atoms with Crippen LogP contribution in [0.5, 0.6) is 0 Å². The number of aryl methyl sites for hydroxylation is 1. The van der Waals surface area contributed by atoms with Gasteiger partial charge in [-0.3, -0.25) is 4.98 Å². The van der Waals surface area contributed by atoms with Crippen molar-refractivity contribution < 1.29 is 9.31 Å². The first kappa shape index (κ1) is 14.3. The van der Waals surface area contributed by atoms with Crippen LogP contribution in [0.25, 0.3) is 0 Å². The summed E-state index contributed by atoms with van der Waals surface area (Å²) >= 11 is 0. The maximum Gasteiger partial charge on any atom is 0.514 e. The minimum absolute atomic E-state index is 0.333. The summed E-state index contributed by atoms with van der Waals surface area (Å²) in [6.45, 7) is 14.0. The average Bonchev–Trinajstić information content (AvgIpc) is 2.51. The molecule has 1 aromatic heterocycles. The molecule has 4 heteroatoms. The molecule has 0 N–H and O–H groups in total. The molecule has 0 atom stereocenters. The van der Waals surface area contributed by atoms with Crippen LogP contribution in [0.2, 0.25) is 0 Å². The van der Waals surface area contributed by atoms with Gasteiger partial charge in [0.05, 0.1) is 16.8 Å². The average molecular weight is 259 g/mol. The van der Waals surface area contributed by atoms with Crippen molar-refractivity contribution in [3.05, 3.63) is 36.0 Å². The highest BCUT2D eigenvalue weighted by molar-refractivity contribution is 6.61. The quantitative estimate of drug-likeness (QED) is 0.617. The molecule has 2 rings (SSSR count). The van der Waals surface area contributed by atoms with Crippen molar-refractivity contribution in [3.63, 3.8) is 0 Å². The van der Waals surface area contributed by atoms with Gasteiger partial charge in [-0.05, 0) is 46.2 Å². The van der Waals surface area contributed by atoms with Crippen molar-refractivity contribution in [2.75, 3.05) is 0 Å². The molecule has 0 unspecified atom stereocenters. The van der Waals surface area contributed by atoms with Crippen molar-refractivity contribution in [1.82, 2.24) is 4.98 Å². The van der Waals surface area contributed by atoms with Gasteiger partial charge in [0.15, 0.2) is 0 Å². The second-order valence-corrected chi connectivity index (χ2v) is 6.09. The SMILES string of the molecule is C=CCc1ccc(C)c(B2OC(C)(C)C(C)(C)O2)n1. The first-order chi connectivity index (χ1) is 8.77. The number of aromatic nitrogens is 1. The number of allylic oxidation sites excluding steroid dienone is 1. The first-order valence-corrected chi connectivity index (χ1v) is 6.70. The highest BCUT2D eigenvalue weighted by atomic mass is 16.7. The van der Waals surface area contributed by atoms with Crippen molar-refractivity contribution >= 4 is 12.7 Å². The molecule has 0 aromatic carbocycles. The van der Waals surface area contributed by atoms with E-state index in [9.17, 15) is 0 Å². The van der Waals surface area contributed by atoms with Gasteiger partial charge in [-0.25, -0.2) is 0 Å². The van der Waals surface area contributed by atoms with Crippen LogP contribution in [0, 0.1) is 6.92 Å². The van der Waals surface area contributed by atoms with E-state index in [1.54, 1.807) is 0 Å². The maximum absolute atomic E-state index is 6.05. The van der Waals surface area contributed by atoms with Crippen LogP contribution in [0.1, 0.15) is 39.0 Å². The van der Waals surface area contributed by atoms with E-state index in [4.69, 9.17) is 9.31 Å². The Morgan fingerprint density at radius 3 is 2.32 bits per heavy atom. The molecule has 1 saturated heterocycles. The molecule has 1 aromatic rings. The van der Waals surface area contributed by atoms with Gasteiger partial charge in [0, 0.05) is 12.1 Å². The lowest BCUT2D eigenvalue weighted by Gasteiger charge is -2.32. The molecule has 0 aliphatic carbocycles. The first-order valence-electron chi connectivity index (χ1n) is 6.70. The largest absolute Gasteiger partial charge is 0.514 e. The normalized spacial score (nSPS) is 20.6. The molecule has 0 saturated carbocycles. The number of pyridine rings is 1.